The highest BCUT2D eigenvalue weighted by atomic mass is 16.1. The fraction of sp³-hybridized carbons (Fsp3) is 0. The van der Waals surface area contributed by atoms with Crippen molar-refractivity contribution in [3.63, 3.8) is 0 Å². The fourth-order valence-electron chi connectivity index (χ4n) is 2.77. The minimum atomic E-state index is 0.469. The van der Waals surface area contributed by atoms with Crippen molar-refractivity contribution >= 4 is 28.1 Å². The van der Waals surface area contributed by atoms with E-state index in [0.29, 0.717) is 5.69 Å². The Hall–Kier alpha value is -2.94. The van der Waals surface area contributed by atoms with Crippen LogP contribution in [0.2, 0.25) is 0 Å². The van der Waals surface area contributed by atoms with Crippen molar-refractivity contribution in [1.29, 1.82) is 0 Å². The molecule has 0 aliphatic heterocycles. The van der Waals surface area contributed by atoms with E-state index in [0.717, 1.165) is 33.8 Å². The molecule has 2 heterocycles. The molecule has 0 atom stereocenters. The van der Waals surface area contributed by atoms with Crippen molar-refractivity contribution in [3.8, 4) is 11.1 Å². The van der Waals surface area contributed by atoms with Gasteiger partial charge >= 0.3 is 0 Å². The number of H-pyrrole nitrogens is 1. The molecule has 100 valence electrons. The summed E-state index contributed by atoms with van der Waals surface area (Å²) in [6.45, 7) is 0. The van der Waals surface area contributed by atoms with Gasteiger partial charge in [-0.25, -0.2) is 0 Å². The van der Waals surface area contributed by atoms with E-state index in [-0.39, 0.29) is 0 Å². The van der Waals surface area contributed by atoms with Crippen molar-refractivity contribution in [3.05, 3.63) is 66.5 Å². The summed E-state index contributed by atoms with van der Waals surface area (Å²) < 4.78 is 0. The van der Waals surface area contributed by atoms with Crippen LogP contribution in [0.3, 0.4) is 0 Å². The van der Waals surface area contributed by atoms with Gasteiger partial charge < -0.3 is 4.98 Å². The molecule has 0 bridgehead atoms. The number of hydrogen-bond donors (Lipinski definition) is 1. The molecule has 4 rings (SSSR count). The third kappa shape index (κ3) is 1.82. The maximum atomic E-state index is 11.2. The summed E-state index contributed by atoms with van der Waals surface area (Å²) >= 11 is 0. The lowest BCUT2D eigenvalue weighted by atomic mass is 10.0. The third-order valence-corrected chi connectivity index (χ3v) is 3.77. The minimum absolute atomic E-state index is 0.469. The van der Waals surface area contributed by atoms with Gasteiger partial charge in [-0.3, -0.25) is 9.78 Å². The first-order chi connectivity index (χ1) is 10.4. The van der Waals surface area contributed by atoms with Gasteiger partial charge in [-0.15, -0.1) is 0 Å². The number of aromatic nitrogens is 2. The molecule has 0 saturated carbocycles. The van der Waals surface area contributed by atoms with E-state index in [1.165, 1.54) is 5.39 Å². The Labute approximate surface area is 121 Å². The molecule has 0 unspecified atom stereocenters. The summed E-state index contributed by atoms with van der Waals surface area (Å²) in [5, 5.41) is 2.34. The second kappa shape index (κ2) is 4.56. The molecule has 0 saturated heterocycles. The lowest BCUT2D eigenvalue weighted by Crippen LogP contribution is -1.90. The summed E-state index contributed by atoms with van der Waals surface area (Å²) in [6, 6.07) is 18.2. The normalized spacial score (nSPS) is 11.0. The lowest BCUT2D eigenvalue weighted by Gasteiger charge is -2.04. The van der Waals surface area contributed by atoms with Crippen LogP contribution in [0.25, 0.3) is 32.9 Å². The maximum absolute atomic E-state index is 11.2. The molecule has 0 fully saturated rings. The van der Waals surface area contributed by atoms with Crippen molar-refractivity contribution in [2.75, 3.05) is 0 Å². The summed E-state index contributed by atoms with van der Waals surface area (Å²) in [7, 11) is 0. The molecular formula is C18H12N2O. The van der Waals surface area contributed by atoms with Crippen molar-refractivity contribution in [2.24, 2.45) is 0 Å². The van der Waals surface area contributed by atoms with E-state index in [4.69, 9.17) is 0 Å². The van der Waals surface area contributed by atoms with E-state index in [1.807, 2.05) is 36.4 Å². The summed E-state index contributed by atoms with van der Waals surface area (Å²) in [4.78, 5) is 18.7. The quantitative estimate of drug-likeness (QED) is 0.556. The van der Waals surface area contributed by atoms with Gasteiger partial charge in [-0.1, -0.05) is 30.3 Å². The molecule has 0 amide bonds. The fourth-order valence-corrected chi connectivity index (χ4v) is 2.77. The highest BCUT2D eigenvalue weighted by Crippen LogP contribution is 2.30. The lowest BCUT2D eigenvalue weighted by molar-refractivity contribution is 0.111. The van der Waals surface area contributed by atoms with Crippen LogP contribution in [-0.4, -0.2) is 16.3 Å². The van der Waals surface area contributed by atoms with E-state index in [9.17, 15) is 4.79 Å². The summed E-state index contributed by atoms with van der Waals surface area (Å²) in [5.74, 6) is 0. The number of rotatable bonds is 2. The van der Waals surface area contributed by atoms with Crippen LogP contribution in [0.5, 0.6) is 0 Å². The SMILES string of the molecule is O=Cc1ncccc1-c1ccc2[nH]c3ccccc3c2c1. The minimum Gasteiger partial charge on any atom is -0.355 e. The van der Waals surface area contributed by atoms with Crippen LogP contribution in [0.15, 0.2) is 60.8 Å². The van der Waals surface area contributed by atoms with Crippen LogP contribution in [-0.2, 0) is 0 Å². The number of fused-ring (bicyclic) bond motifs is 3. The molecule has 1 N–H and O–H groups in total. The highest BCUT2D eigenvalue weighted by molar-refractivity contribution is 6.08. The number of pyridine rings is 1. The zero-order valence-corrected chi connectivity index (χ0v) is 11.2. The number of para-hydroxylation sites is 1. The molecule has 4 aromatic rings. The Morgan fingerprint density at radius 3 is 2.67 bits per heavy atom. The molecule has 0 spiro atoms. The number of aromatic amines is 1. The molecule has 3 nitrogen and oxygen atoms in total. The molecular weight excluding hydrogens is 260 g/mol. The smallest absolute Gasteiger partial charge is 0.169 e. The van der Waals surface area contributed by atoms with Crippen LogP contribution >= 0.6 is 0 Å². The number of benzene rings is 2. The van der Waals surface area contributed by atoms with E-state index >= 15 is 0 Å². The monoisotopic (exact) mass is 272 g/mol. The van der Waals surface area contributed by atoms with Crippen LogP contribution in [0.1, 0.15) is 10.5 Å². The van der Waals surface area contributed by atoms with Gasteiger partial charge in [-0.05, 0) is 29.8 Å². The number of nitrogens with one attached hydrogen (secondary N) is 1. The van der Waals surface area contributed by atoms with Gasteiger partial charge in [0.2, 0.25) is 0 Å². The number of aldehydes is 1. The molecule has 2 aromatic heterocycles. The number of nitrogens with zero attached hydrogens (tertiary/aromatic N) is 1. The first-order valence-electron chi connectivity index (χ1n) is 6.78. The second-order valence-corrected chi connectivity index (χ2v) is 4.99. The highest BCUT2D eigenvalue weighted by Gasteiger charge is 2.08. The molecule has 0 aliphatic rings. The third-order valence-electron chi connectivity index (χ3n) is 3.77. The molecule has 3 heteroatoms. The number of carbonyl (C=O) groups is 1. The predicted molar refractivity (Wildman–Crippen MR) is 84.4 cm³/mol. The number of carbonyl (C=O) groups excluding carboxylic acids is 1. The van der Waals surface area contributed by atoms with Gasteiger partial charge in [0.1, 0.15) is 5.69 Å². The van der Waals surface area contributed by atoms with Crippen LogP contribution < -0.4 is 0 Å². The number of hydrogen-bond acceptors (Lipinski definition) is 2. The van der Waals surface area contributed by atoms with Crippen molar-refractivity contribution in [2.45, 2.75) is 0 Å². The zero-order valence-electron chi connectivity index (χ0n) is 11.2. The topological polar surface area (TPSA) is 45.8 Å². The van der Waals surface area contributed by atoms with Gasteiger partial charge in [0, 0.05) is 33.6 Å². The molecule has 0 aliphatic carbocycles. The first-order valence-corrected chi connectivity index (χ1v) is 6.78. The van der Waals surface area contributed by atoms with Crippen molar-refractivity contribution in [1.82, 2.24) is 9.97 Å². The molecule has 21 heavy (non-hydrogen) atoms. The van der Waals surface area contributed by atoms with Crippen LogP contribution in [0, 0.1) is 0 Å². The average Bonchev–Trinajstić information content (AvgIpc) is 2.92. The standard InChI is InChI=1S/C18H12N2O/c21-11-18-13(5-3-9-19-18)12-7-8-17-15(10-12)14-4-1-2-6-16(14)20-17/h1-11,20H. The Balaban J connectivity index is 2.02. The Morgan fingerprint density at radius 1 is 0.905 bits per heavy atom. The Kier molecular flexibility index (Phi) is 2.57. The van der Waals surface area contributed by atoms with Gasteiger partial charge in [0.25, 0.3) is 0 Å². The largest absolute Gasteiger partial charge is 0.355 e. The molecule has 0 radical (unpaired) electrons. The Bertz CT molecular complexity index is 969. The van der Waals surface area contributed by atoms with E-state index in [2.05, 4.69) is 28.2 Å². The van der Waals surface area contributed by atoms with Gasteiger partial charge in [0.05, 0.1) is 0 Å². The van der Waals surface area contributed by atoms with Crippen molar-refractivity contribution < 1.29 is 4.79 Å². The van der Waals surface area contributed by atoms with E-state index < -0.39 is 0 Å². The van der Waals surface area contributed by atoms with Gasteiger partial charge in [-0.2, -0.15) is 0 Å². The Morgan fingerprint density at radius 2 is 1.76 bits per heavy atom. The predicted octanol–water partition coefficient (Wildman–Crippen LogP) is 4.20. The van der Waals surface area contributed by atoms with Gasteiger partial charge in [0.15, 0.2) is 6.29 Å². The zero-order chi connectivity index (χ0) is 14.2. The second-order valence-electron chi connectivity index (χ2n) is 4.99. The van der Waals surface area contributed by atoms with Crippen LogP contribution in [0.4, 0.5) is 0 Å². The average molecular weight is 272 g/mol. The maximum Gasteiger partial charge on any atom is 0.169 e. The first kappa shape index (κ1) is 11.9. The van der Waals surface area contributed by atoms with E-state index in [1.54, 1.807) is 6.20 Å². The summed E-state index contributed by atoms with van der Waals surface area (Å²) in [5.41, 5.74) is 4.54. The molecule has 2 aromatic carbocycles. The summed E-state index contributed by atoms with van der Waals surface area (Å²) in [6.07, 6.45) is 2.44.